The summed E-state index contributed by atoms with van der Waals surface area (Å²) in [6.07, 6.45) is 4.50. The molecule has 5 nitrogen and oxygen atoms in total. The van der Waals surface area contributed by atoms with Crippen LogP contribution in [0.15, 0.2) is 47.1 Å². The fraction of sp³-hybridized carbons (Fsp3) is 0.333. The predicted molar refractivity (Wildman–Crippen MR) is 96.5 cm³/mol. The lowest BCUT2D eigenvalue weighted by molar-refractivity contribution is 0.0272. The largest absolute Gasteiger partial charge is 0.383 e. The molecule has 0 bridgehead atoms. The van der Waals surface area contributed by atoms with Gasteiger partial charge in [-0.05, 0) is 46.8 Å². The summed E-state index contributed by atoms with van der Waals surface area (Å²) >= 11 is 3.32. The van der Waals surface area contributed by atoms with Gasteiger partial charge in [0.25, 0.3) is 5.91 Å². The second-order valence-corrected chi connectivity index (χ2v) is 6.85. The van der Waals surface area contributed by atoms with Gasteiger partial charge in [-0.2, -0.15) is 0 Å². The van der Waals surface area contributed by atoms with Crippen molar-refractivity contribution in [3.8, 4) is 0 Å². The van der Waals surface area contributed by atoms with Crippen LogP contribution in [0.5, 0.6) is 0 Å². The molecule has 0 saturated heterocycles. The van der Waals surface area contributed by atoms with Crippen LogP contribution in [0.2, 0.25) is 0 Å². The van der Waals surface area contributed by atoms with E-state index in [0.29, 0.717) is 12.2 Å². The SMILES string of the molecule is Nc1ncc(Br)cc1C(=O)N[C@H]1CCC[C@@H]1OCc1ccccc1. The van der Waals surface area contributed by atoms with Crippen molar-refractivity contribution in [1.82, 2.24) is 10.3 Å². The van der Waals surface area contributed by atoms with Crippen LogP contribution in [0.4, 0.5) is 5.82 Å². The molecule has 0 spiro atoms. The van der Waals surface area contributed by atoms with Crippen LogP contribution < -0.4 is 11.1 Å². The molecule has 1 amide bonds. The van der Waals surface area contributed by atoms with E-state index < -0.39 is 0 Å². The normalized spacial score (nSPS) is 20.0. The van der Waals surface area contributed by atoms with Gasteiger partial charge < -0.3 is 15.8 Å². The number of aromatic nitrogens is 1. The Balaban J connectivity index is 1.61. The third-order valence-corrected chi connectivity index (χ3v) is 4.64. The molecule has 2 atom stereocenters. The number of halogens is 1. The number of carbonyl (C=O) groups is 1. The average molecular weight is 390 g/mol. The molecular formula is C18H20BrN3O2. The van der Waals surface area contributed by atoms with Crippen LogP contribution >= 0.6 is 15.9 Å². The smallest absolute Gasteiger partial charge is 0.255 e. The van der Waals surface area contributed by atoms with E-state index in [1.165, 1.54) is 0 Å². The quantitative estimate of drug-likeness (QED) is 0.822. The minimum absolute atomic E-state index is 0.000376. The number of nitrogens with two attached hydrogens (primary N) is 1. The summed E-state index contributed by atoms with van der Waals surface area (Å²) in [5.74, 6) is 0.0250. The number of hydrogen-bond acceptors (Lipinski definition) is 4. The molecule has 1 aromatic heterocycles. The number of ether oxygens (including phenoxy) is 1. The zero-order valence-electron chi connectivity index (χ0n) is 13.2. The van der Waals surface area contributed by atoms with Crippen molar-refractivity contribution in [2.24, 2.45) is 0 Å². The Labute approximate surface area is 149 Å². The topological polar surface area (TPSA) is 77.2 Å². The minimum Gasteiger partial charge on any atom is -0.383 e. The van der Waals surface area contributed by atoms with Gasteiger partial charge in [0, 0.05) is 10.7 Å². The van der Waals surface area contributed by atoms with E-state index >= 15 is 0 Å². The first kappa shape index (κ1) is 16.9. The summed E-state index contributed by atoms with van der Waals surface area (Å²) < 4.78 is 6.75. The summed E-state index contributed by atoms with van der Waals surface area (Å²) in [5, 5.41) is 3.04. The Bertz CT molecular complexity index is 709. The Morgan fingerprint density at radius 3 is 2.92 bits per heavy atom. The Hall–Kier alpha value is -1.92. The fourth-order valence-electron chi connectivity index (χ4n) is 2.95. The lowest BCUT2D eigenvalue weighted by atomic mass is 10.1. The number of anilines is 1. The highest BCUT2D eigenvalue weighted by Crippen LogP contribution is 2.24. The van der Waals surface area contributed by atoms with Gasteiger partial charge in [-0.15, -0.1) is 0 Å². The highest BCUT2D eigenvalue weighted by molar-refractivity contribution is 9.10. The Morgan fingerprint density at radius 1 is 1.33 bits per heavy atom. The first-order valence-corrected chi connectivity index (χ1v) is 8.80. The molecule has 1 heterocycles. The maximum atomic E-state index is 12.5. The van der Waals surface area contributed by atoms with E-state index in [-0.39, 0.29) is 23.9 Å². The van der Waals surface area contributed by atoms with E-state index in [1.54, 1.807) is 12.3 Å². The van der Waals surface area contributed by atoms with Crippen molar-refractivity contribution in [2.45, 2.75) is 38.0 Å². The molecule has 0 unspecified atom stereocenters. The lowest BCUT2D eigenvalue weighted by Crippen LogP contribution is -2.41. The van der Waals surface area contributed by atoms with E-state index in [2.05, 4.69) is 26.2 Å². The van der Waals surface area contributed by atoms with Gasteiger partial charge in [0.05, 0.1) is 24.3 Å². The molecule has 2 aromatic rings. The Morgan fingerprint density at radius 2 is 2.12 bits per heavy atom. The zero-order chi connectivity index (χ0) is 16.9. The molecule has 3 N–H and O–H groups in total. The fourth-order valence-corrected chi connectivity index (χ4v) is 3.28. The van der Waals surface area contributed by atoms with Crippen molar-refractivity contribution in [3.05, 3.63) is 58.2 Å². The highest BCUT2D eigenvalue weighted by Gasteiger charge is 2.30. The minimum atomic E-state index is -0.207. The first-order valence-electron chi connectivity index (χ1n) is 8.01. The number of rotatable bonds is 5. The van der Waals surface area contributed by atoms with Crippen molar-refractivity contribution >= 4 is 27.7 Å². The monoisotopic (exact) mass is 389 g/mol. The standard InChI is InChI=1S/C18H20BrN3O2/c19-13-9-14(17(20)21-10-13)18(23)22-15-7-4-8-16(15)24-11-12-5-2-1-3-6-12/h1-3,5-6,9-10,15-16H,4,7-8,11H2,(H2,20,21)(H,22,23)/t15-,16-/m0/s1. The number of hydrogen-bond donors (Lipinski definition) is 2. The number of nitrogen functional groups attached to an aromatic ring is 1. The molecule has 0 radical (unpaired) electrons. The molecule has 1 aliphatic rings. The molecule has 6 heteroatoms. The zero-order valence-corrected chi connectivity index (χ0v) is 14.8. The number of carbonyl (C=O) groups excluding carboxylic acids is 1. The third kappa shape index (κ3) is 4.13. The predicted octanol–water partition coefficient (Wildman–Crippen LogP) is 3.29. The summed E-state index contributed by atoms with van der Waals surface area (Å²) in [4.78, 5) is 16.5. The second kappa shape index (κ2) is 7.77. The van der Waals surface area contributed by atoms with Crippen LogP contribution in [0.3, 0.4) is 0 Å². The van der Waals surface area contributed by atoms with Crippen LogP contribution in [-0.4, -0.2) is 23.0 Å². The van der Waals surface area contributed by atoms with Gasteiger partial charge in [0.2, 0.25) is 0 Å². The summed E-state index contributed by atoms with van der Waals surface area (Å²) in [5.41, 5.74) is 7.33. The number of nitrogens with one attached hydrogen (secondary N) is 1. The van der Waals surface area contributed by atoms with Crippen molar-refractivity contribution in [2.75, 3.05) is 5.73 Å². The third-order valence-electron chi connectivity index (χ3n) is 4.21. The van der Waals surface area contributed by atoms with E-state index in [0.717, 1.165) is 29.3 Å². The number of benzene rings is 1. The molecule has 3 rings (SSSR count). The lowest BCUT2D eigenvalue weighted by Gasteiger charge is -2.22. The van der Waals surface area contributed by atoms with Crippen molar-refractivity contribution in [1.29, 1.82) is 0 Å². The van der Waals surface area contributed by atoms with Gasteiger partial charge in [-0.25, -0.2) is 4.98 Å². The van der Waals surface area contributed by atoms with Crippen LogP contribution in [-0.2, 0) is 11.3 Å². The van der Waals surface area contributed by atoms with Crippen LogP contribution in [0.1, 0.15) is 35.2 Å². The van der Waals surface area contributed by atoms with Crippen molar-refractivity contribution < 1.29 is 9.53 Å². The molecule has 1 aromatic carbocycles. The summed E-state index contributed by atoms with van der Waals surface area (Å²) in [6, 6.07) is 11.7. The molecule has 1 fully saturated rings. The van der Waals surface area contributed by atoms with E-state index in [1.807, 2.05) is 30.3 Å². The first-order chi connectivity index (χ1) is 11.6. The molecular weight excluding hydrogens is 370 g/mol. The van der Waals surface area contributed by atoms with E-state index in [9.17, 15) is 4.79 Å². The van der Waals surface area contributed by atoms with Crippen molar-refractivity contribution in [3.63, 3.8) is 0 Å². The van der Waals surface area contributed by atoms with Crippen LogP contribution in [0.25, 0.3) is 0 Å². The second-order valence-electron chi connectivity index (χ2n) is 5.93. The summed E-state index contributed by atoms with van der Waals surface area (Å²) in [6.45, 7) is 0.554. The summed E-state index contributed by atoms with van der Waals surface area (Å²) in [7, 11) is 0. The van der Waals surface area contributed by atoms with Crippen LogP contribution in [0, 0.1) is 0 Å². The molecule has 1 saturated carbocycles. The molecule has 24 heavy (non-hydrogen) atoms. The number of amides is 1. The average Bonchev–Trinajstić information content (AvgIpc) is 3.03. The number of nitrogens with zero attached hydrogens (tertiary/aromatic N) is 1. The van der Waals surface area contributed by atoms with Gasteiger partial charge in [-0.3, -0.25) is 4.79 Å². The molecule has 1 aliphatic carbocycles. The molecule has 126 valence electrons. The maximum absolute atomic E-state index is 12.5. The molecule has 0 aliphatic heterocycles. The highest BCUT2D eigenvalue weighted by atomic mass is 79.9. The Kier molecular flexibility index (Phi) is 5.48. The van der Waals surface area contributed by atoms with Gasteiger partial charge in [0.1, 0.15) is 5.82 Å². The van der Waals surface area contributed by atoms with Gasteiger partial charge >= 0.3 is 0 Å². The maximum Gasteiger partial charge on any atom is 0.255 e. The van der Waals surface area contributed by atoms with E-state index in [4.69, 9.17) is 10.5 Å². The van der Waals surface area contributed by atoms with Gasteiger partial charge in [0.15, 0.2) is 0 Å². The van der Waals surface area contributed by atoms with Gasteiger partial charge in [-0.1, -0.05) is 30.3 Å². The number of pyridine rings is 1.